The monoisotopic (exact) mass is 319 g/mol. The second kappa shape index (κ2) is 7.43. The number of hydrogen-bond acceptors (Lipinski definition) is 4. The molecule has 1 amide bonds. The van der Waals surface area contributed by atoms with E-state index in [1.165, 1.54) is 0 Å². The smallest absolute Gasteiger partial charge is 0.254 e. The molecule has 1 N–H and O–H groups in total. The van der Waals surface area contributed by atoms with Gasteiger partial charge in [-0.05, 0) is 12.0 Å². The molecule has 1 aromatic rings. The Balaban J connectivity index is 1.44. The van der Waals surface area contributed by atoms with Crippen LogP contribution in [-0.2, 0) is 20.9 Å². The predicted molar refractivity (Wildman–Crippen MR) is 85.8 cm³/mol. The zero-order valence-electron chi connectivity index (χ0n) is 13.4. The van der Waals surface area contributed by atoms with Crippen LogP contribution in [0.25, 0.3) is 0 Å². The van der Waals surface area contributed by atoms with Crippen molar-refractivity contribution in [1.82, 2.24) is 4.90 Å². The average molecular weight is 319 g/mol. The van der Waals surface area contributed by atoms with Crippen LogP contribution in [0, 0.1) is 5.92 Å². The molecule has 2 saturated heterocycles. The van der Waals surface area contributed by atoms with Crippen molar-refractivity contribution in [3.8, 4) is 0 Å². The van der Waals surface area contributed by atoms with Crippen molar-refractivity contribution in [2.24, 2.45) is 5.92 Å². The molecular weight excluding hydrogens is 294 g/mol. The molecule has 0 aromatic heterocycles. The van der Waals surface area contributed by atoms with Gasteiger partial charge >= 0.3 is 0 Å². The maximum Gasteiger partial charge on any atom is 0.254 e. The Morgan fingerprint density at radius 2 is 2.04 bits per heavy atom. The Morgan fingerprint density at radius 3 is 2.78 bits per heavy atom. The van der Waals surface area contributed by atoms with E-state index in [-0.39, 0.29) is 5.91 Å². The van der Waals surface area contributed by atoms with Crippen molar-refractivity contribution in [3.05, 3.63) is 35.9 Å². The third kappa shape index (κ3) is 4.10. The SMILES string of the molecule is O=C(N1CCC(COCc2ccccc2)C1)C1(O)CCOCC1. The highest BCUT2D eigenvalue weighted by Crippen LogP contribution is 2.27. The first-order chi connectivity index (χ1) is 11.2. The standard InChI is InChI=1S/C18H25NO4/c20-17(18(21)7-10-22-11-8-18)19-9-6-16(12-19)14-23-13-15-4-2-1-3-5-15/h1-5,16,21H,6-14H2. The van der Waals surface area contributed by atoms with Gasteiger partial charge in [0, 0.05) is 45.1 Å². The molecule has 0 aliphatic carbocycles. The van der Waals surface area contributed by atoms with E-state index < -0.39 is 5.60 Å². The van der Waals surface area contributed by atoms with Crippen molar-refractivity contribution in [2.75, 3.05) is 32.9 Å². The first-order valence-electron chi connectivity index (χ1n) is 8.38. The Kier molecular flexibility index (Phi) is 5.30. The van der Waals surface area contributed by atoms with Gasteiger partial charge in [-0.3, -0.25) is 4.79 Å². The van der Waals surface area contributed by atoms with Crippen LogP contribution in [0.1, 0.15) is 24.8 Å². The number of carbonyl (C=O) groups is 1. The van der Waals surface area contributed by atoms with Crippen LogP contribution < -0.4 is 0 Å². The molecule has 2 aliphatic rings. The number of nitrogens with zero attached hydrogens (tertiary/aromatic N) is 1. The summed E-state index contributed by atoms with van der Waals surface area (Å²) in [6, 6.07) is 10.1. The molecule has 1 unspecified atom stereocenters. The topological polar surface area (TPSA) is 59.0 Å². The fourth-order valence-electron chi connectivity index (χ4n) is 3.29. The van der Waals surface area contributed by atoms with E-state index in [2.05, 4.69) is 0 Å². The summed E-state index contributed by atoms with van der Waals surface area (Å²) in [6.07, 6.45) is 1.74. The van der Waals surface area contributed by atoms with Crippen molar-refractivity contribution in [2.45, 2.75) is 31.5 Å². The maximum absolute atomic E-state index is 12.5. The van der Waals surface area contributed by atoms with Gasteiger partial charge < -0.3 is 19.5 Å². The third-order valence-corrected chi connectivity index (χ3v) is 4.76. The van der Waals surface area contributed by atoms with Gasteiger partial charge in [-0.2, -0.15) is 0 Å². The van der Waals surface area contributed by atoms with E-state index in [1.807, 2.05) is 30.3 Å². The summed E-state index contributed by atoms with van der Waals surface area (Å²) >= 11 is 0. The van der Waals surface area contributed by atoms with E-state index in [9.17, 15) is 9.90 Å². The molecule has 2 heterocycles. The van der Waals surface area contributed by atoms with E-state index in [0.717, 1.165) is 12.0 Å². The van der Waals surface area contributed by atoms with E-state index in [0.29, 0.717) is 58.3 Å². The lowest BCUT2D eigenvalue weighted by atomic mass is 9.93. The molecule has 0 saturated carbocycles. The highest BCUT2D eigenvalue weighted by atomic mass is 16.5. The minimum atomic E-state index is -1.22. The minimum Gasteiger partial charge on any atom is -0.381 e. The summed E-state index contributed by atoms with van der Waals surface area (Å²) in [5.41, 5.74) is -0.0622. The quantitative estimate of drug-likeness (QED) is 0.895. The minimum absolute atomic E-state index is 0.133. The lowest BCUT2D eigenvalue weighted by Gasteiger charge is -2.34. The second-order valence-electron chi connectivity index (χ2n) is 6.55. The summed E-state index contributed by atoms with van der Waals surface area (Å²) in [4.78, 5) is 14.3. The lowest BCUT2D eigenvalue weighted by Crippen LogP contribution is -2.51. The van der Waals surface area contributed by atoms with Crippen molar-refractivity contribution in [3.63, 3.8) is 0 Å². The Bertz CT molecular complexity index is 513. The third-order valence-electron chi connectivity index (χ3n) is 4.76. The molecule has 23 heavy (non-hydrogen) atoms. The molecule has 2 aliphatic heterocycles. The van der Waals surface area contributed by atoms with Gasteiger partial charge in [0.2, 0.25) is 0 Å². The number of carbonyl (C=O) groups excluding carboxylic acids is 1. The zero-order chi connectivity index (χ0) is 16.1. The number of amides is 1. The van der Waals surface area contributed by atoms with Gasteiger partial charge in [0.25, 0.3) is 5.91 Å². The van der Waals surface area contributed by atoms with Gasteiger partial charge in [0.1, 0.15) is 5.60 Å². The molecule has 0 radical (unpaired) electrons. The van der Waals surface area contributed by atoms with E-state index >= 15 is 0 Å². The van der Waals surface area contributed by atoms with Crippen LogP contribution in [0.2, 0.25) is 0 Å². The first-order valence-corrected chi connectivity index (χ1v) is 8.38. The number of aliphatic hydroxyl groups is 1. The van der Waals surface area contributed by atoms with Crippen molar-refractivity contribution >= 4 is 5.91 Å². The molecule has 126 valence electrons. The molecule has 3 rings (SSSR count). The van der Waals surface area contributed by atoms with Crippen LogP contribution in [0.15, 0.2) is 30.3 Å². The van der Waals surface area contributed by atoms with Crippen molar-refractivity contribution < 1.29 is 19.4 Å². The van der Waals surface area contributed by atoms with Gasteiger partial charge in [-0.1, -0.05) is 30.3 Å². The predicted octanol–water partition coefficient (Wildman–Crippen LogP) is 1.59. The normalized spacial score (nSPS) is 23.9. The Morgan fingerprint density at radius 1 is 1.30 bits per heavy atom. The number of rotatable bonds is 5. The lowest BCUT2D eigenvalue weighted by molar-refractivity contribution is -0.159. The maximum atomic E-state index is 12.5. The molecule has 2 fully saturated rings. The summed E-state index contributed by atoms with van der Waals surface area (Å²) in [7, 11) is 0. The summed E-state index contributed by atoms with van der Waals surface area (Å²) in [6.45, 7) is 3.56. The van der Waals surface area contributed by atoms with Crippen LogP contribution in [-0.4, -0.2) is 54.4 Å². The van der Waals surface area contributed by atoms with Crippen LogP contribution in [0.5, 0.6) is 0 Å². The molecule has 0 spiro atoms. The van der Waals surface area contributed by atoms with Crippen LogP contribution >= 0.6 is 0 Å². The number of likely N-dealkylation sites (tertiary alicyclic amines) is 1. The molecule has 0 bridgehead atoms. The van der Waals surface area contributed by atoms with E-state index in [4.69, 9.17) is 9.47 Å². The number of ether oxygens (including phenoxy) is 2. The summed E-state index contributed by atoms with van der Waals surface area (Å²) in [5.74, 6) is 0.220. The van der Waals surface area contributed by atoms with Gasteiger partial charge in [-0.25, -0.2) is 0 Å². The fraction of sp³-hybridized carbons (Fsp3) is 0.611. The Hall–Kier alpha value is -1.43. The fourth-order valence-corrected chi connectivity index (χ4v) is 3.29. The average Bonchev–Trinajstić information content (AvgIpc) is 3.04. The first kappa shape index (κ1) is 16.4. The van der Waals surface area contributed by atoms with Crippen molar-refractivity contribution in [1.29, 1.82) is 0 Å². The molecule has 1 atom stereocenters. The summed E-state index contributed by atoms with van der Waals surface area (Å²) < 4.78 is 11.0. The molecule has 5 heteroatoms. The zero-order valence-corrected chi connectivity index (χ0v) is 13.4. The highest BCUT2D eigenvalue weighted by Gasteiger charge is 2.42. The summed E-state index contributed by atoms with van der Waals surface area (Å²) in [5, 5.41) is 10.5. The van der Waals surface area contributed by atoms with Gasteiger partial charge in [0.05, 0.1) is 13.2 Å². The molecular formula is C18H25NO4. The van der Waals surface area contributed by atoms with Crippen LogP contribution in [0.3, 0.4) is 0 Å². The number of benzene rings is 1. The van der Waals surface area contributed by atoms with E-state index in [1.54, 1.807) is 4.90 Å². The number of hydrogen-bond donors (Lipinski definition) is 1. The Labute approximate surface area is 137 Å². The largest absolute Gasteiger partial charge is 0.381 e. The highest BCUT2D eigenvalue weighted by molar-refractivity contribution is 5.85. The molecule has 5 nitrogen and oxygen atoms in total. The van der Waals surface area contributed by atoms with Crippen LogP contribution in [0.4, 0.5) is 0 Å². The van der Waals surface area contributed by atoms with Gasteiger partial charge in [0.15, 0.2) is 0 Å². The second-order valence-corrected chi connectivity index (χ2v) is 6.55. The molecule has 1 aromatic carbocycles. The van der Waals surface area contributed by atoms with Gasteiger partial charge in [-0.15, -0.1) is 0 Å².